The smallest absolute Gasteiger partial charge is 0.159 e. The highest BCUT2D eigenvalue weighted by Crippen LogP contribution is 2.35. The first-order valence-electron chi connectivity index (χ1n) is 6.61. The summed E-state index contributed by atoms with van der Waals surface area (Å²) in [7, 11) is 0. The first kappa shape index (κ1) is 13.8. The van der Waals surface area contributed by atoms with E-state index in [9.17, 15) is 4.79 Å². The third-order valence-corrected chi connectivity index (χ3v) is 4.13. The highest BCUT2D eigenvalue weighted by molar-refractivity contribution is 9.10. The molecule has 0 radical (unpaired) electrons. The second-order valence-electron chi connectivity index (χ2n) is 4.78. The zero-order valence-corrected chi connectivity index (χ0v) is 13.1. The van der Waals surface area contributed by atoms with E-state index in [0.29, 0.717) is 11.3 Å². The van der Waals surface area contributed by atoms with E-state index in [-0.39, 0.29) is 5.78 Å². The molecule has 0 aliphatic rings. The lowest BCUT2D eigenvalue weighted by atomic mass is 10.1. The molecular weight excluding hydrogens is 328 g/mol. The average molecular weight is 341 g/mol. The number of fused-ring (bicyclic) bond motifs is 1. The van der Waals surface area contributed by atoms with Crippen molar-refractivity contribution in [2.45, 2.75) is 6.92 Å². The van der Waals surface area contributed by atoms with E-state index in [1.165, 1.54) is 0 Å². The predicted octanol–water partition coefficient (Wildman–Crippen LogP) is 5.60. The molecule has 0 saturated carbocycles. The molecular formula is C18H13BrO2. The van der Waals surface area contributed by atoms with Gasteiger partial charge in [-0.05, 0) is 64.0 Å². The Morgan fingerprint density at radius 1 is 0.952 bits per heavy atom. The highest BCUT2D eigenvalue weighted by Gasteiger charge is 2.07. The summed E-state index contributed by atoms with van der Waals surface area (Å²) in [5, 5.41) is 2.26. The summed E-state index contributed by atoms with van der Waals surface area (Å²) in [5.41, 5.74) is 0.680. The van der Waals surface area contributed by atoms with Crippen LogP contribution in [0.2, 0.25) is 0 Å². The molecule has 3 heteroatoms. The molecule has 0 amide bonds. The van der Waals surface area contributed by atoms with Crippen LogP contribution in [0.1, 0.15) is 17.3 Å². The van der Waals surface area contributed by atoms with Crippen LogP contribution in [-0.4, -0.2) is 5.78 Å². The molecule has 3 rings (SSSR count). The number of ketones is 1. The maximum atomic E-state index is 11.3. The summed E-state index contributed by atoms with van der Waals surface area (Å²) in [6.45, 7) is 1.55. The van der Waals surface area contributed by atoms with Gasteiger partial charge in [0.15, 0.2) is 5.78 Å². The number of hydrogen-bond acceptors (Lipinski definition) is 2. The van der Waals surface area contributed by atoms with Gasteiger partial charge in [-0.2, -0.15) is 0 Å². The number of rotatable bonds is 3. The van der Waals surface area contributed by atoms with Crippen LogP contribution in [0.5, 0.6) is 11.5 Å². The van der Waals surface area contributed by atoms with Crippen molar-refractivity contribution in [3.05, 3.63) is 70.7 Å². The first-order chi connectivity index (χ1) is 10.1. The fraction of sp³-hybridized carbons (Fsp3) is 0.0556. The Morgan fingerprint density at radius 2 is 1.67 bits per heavy atom. The van der Waals surface area contributed by atoms with E-state index in [4.69, 9.17) is 4.74 Å². The van der Waals surface area contributed by atoms with Gasteiger partial charge < -0.3 is 4.74 Å². The summed E-state index contributed by atoms with van der Waals surface area (Å²) in [6, 6.07) is 19.2. The molecule has 0 unspecified atom stereocenters. The van der Waals surface area contributed by atoms with Crippen LogP contribution in [0, 0.1) is 0 Å². The van der Waals surface area contributed by atoms with Crippen molar-refractivity contribution in [2.75, 3.05) is 0 Å². The van der Waals surface area contributed by atoms with Gasteiger partial charge in [0.25, 0.3) is 0 Å². The molecule has 0 N–H and O–H groups in total. The van der Waals surface area contributed by atoms with E-state index in [0.717, 1.165) is 21.0 Å². The lowest BCUT2D eigenvalue weighted by Gasteiger charge is -2.10. The maximum absolute atomic E-state index is 11.3. The van der Waals surface area contributed by atoms with Crippen molar-refractivity contribution in [3.8, 4) is 11.5 Å². The van der Waals surface area contributed by atoms with Crippen molar-refractivity contribution in [2.24, 2.45) is 0 Å². The number of ether oxygens (including phenoxy) is 1. The maximum Gasteiger partial charge on any atom is 0.159 e. The molecule has 0 atom stereocenters. The molecule has 0 spiro atoms. The fourth-order valence-corrected chi connectivity index (χ4v) is 2.75. The van der Waals surface area contributed by atoms with Crippen molar-refractivity contribution in [3.63, 3.8) is 0 Å². The molecule has 104 valence electrons. The fourth-order valence-electron chi connectivity index (χ4n) is 2.18. The van der Waals surface area contributed by atoms with Gasteiger partial charge >= 0.3 is 0 Å². The van der Waals surface area contributed by atoms with Crippen LogP contribution in [0.3, 0.4) is 0 Å². The molecule has 2 nitrogen and oxygen atoms in total. The Bertz CT molecular complexity index is 807. The predicted molar refractivity (Wildman–Crippen MR) is 88.2 cm³/mol. The number of Topliss-reactive ketones (excluding diaryl/α,β-unsaturated/α-hetero) is 1. The van der Waals surface area contributed by atoms with Gasteiger partial charge in [-0.3, -0.25) is 4.79 Å². The molecule has 0 aromatic heterocycles. The number of carbonyl (C=O) groups is 1. The highest BCUT2D eigenvalue weighted by atomic mass is 79.9. The Kier molecular flexibility index (Phi) is 3.76. The zero-order chi connectivity index (χ0) is 14.8. The van der Waals surface area contributed by atoms with Gasteiger partial charge in [0.2, 0.25) is 0 Å². The van der Waals surface area contributed by atoms with Crippen LogP contribution in [0.25, 0.3) is 10.8 Å². The van der Waals surface area contributed by atoms with Gasteiger partial charge in [-0.1, -0.05) is 30.3 Å². The quantitative estimate of drug-likeness (QED) is 0.580. The molecule has 0 fully saturated rings. The second-order valence-corrected chi connectivity index (χ2v) is 5.57. The van der Waals surface area contributed by atoms with Crippen LogP contribution in [0.15, 0.2) is 65.1 Å². The van der Waals surface area contributed by atoms with Crippen molar-refractivity contribution < 1.29 is 9.53 Å². The molecule has 0 heterocycles. The molecule has 3 aromatic rings. The SMILES string of the molecule is CC(=O)c1ccc(Oc2ccc3ccccc3c2Br)cc1. The summed E-state index contributed by atoms with van der Waals surface area (Å²) < 4.78 is 6.82. The molecule has 0 saturated heterocycles. The van der Waals surface area contributed by atoms with Crippen LogP contribution < -0.4 is 4.74 Å². The Labute approximate surface area is 131 Å². The van der Waals surface area contributed by atoms with Crippen LogP contribution in [0.4, 0.5) is 0 Å². The van der Waals surface area contributed by atoms with Gasteiger partial charge in [-0.15, -0.1) is 0 Å². The van der Waals surface area contributed by atoms with E-state index in [2.05, 4.69) is 22.0 Å². The lowest BCUT2D eigenvalue weighted by molar-refractivity contribution is 0.101. The molecule has 0 bridgehead atoms. The minimum atomic E-state index is 0.0495. The zero-order valence-electron chi connectivity index (χ0n) is 11.5. The minimum Gasteiger partial charge on any atom is -0.456 e. The number of benzene rings is 3. The molecule has 21 heavy (non-hydrogen) atoms. The monoisotopic (exact) mass is 340 g/mol. The largest absolute Gasteiger partial charge is 0.456 e. The Hall–Kier alpha value is -2.13. The minimum absolute atomic E-state index is 0.0495. The van der Waals surface area contributed by atoms with Gasteiger partial charge in [0, 0.05) is 5.56 Å². The van der Waals surface area contributed by atoms with Crippen LogP contribution in [-0.2, 0) is 0 Å². The Balaban J connectivity index is 1.94. The van der Waals surface area contributed by atoms with E-state index in [1.54, 1.807) is 31.2 Å². The van der Waals surface area contributed by atoms with E-state index >= 15 is 0 Å². The number of hydrogen-bond donors (Lipinski definition) is 0. The molecule has 3 aromatic carbocycles. The topological polar surface area (TPSA) is 26.3 Å². The summed E-state index contributed by atoms with van der Waals surface area (Å²) in [6.07, 6.45) is 0. The van der Waals surface area contributed by atoms with E-state index in [1.807, 2.05) is 30.3 Å². The van der Waals surface area contributed by atoms with Gasteiger partial charge in [-0.25, -0.2) is 0 Å². The first-order valence-corrected chi connectivity index (χ1v) is 7.40. The third kappa shape index (κ3) is 2.83. The van der Waals surface area contributed by atoms with Gasteiger partial charge in [0.1, 0.15) is 11.5 Å². The lowest BCUT2D eigenvalue weighted by Crippen LogP contribution is -1.92. The summed E-state index contributed by atoms with van der Waals surface area (Å²) >= 11 is 3.60. The third-order valence-electron chi connectivity index (χ3n) is 3.32. The summed E-state index contributed by atoms with van der Waals surface area (Å²) in [4.78, 5) is 11.3. The Morgan fingerprint density at radius 3 is 2.38 bits per heavy atom. The molecule has 0 aliphatic heterocycles. The van der Waals surface area contributed by atoms with Crippen LogP contribution >= 0.6 is 15.9 Å². The number of halogens is 1. The van der Waals surface area contributed by atoms with Crippen molar-refractivity contribution in [1.29, 1.82) is 0 Å². The van der Waals surface area contributed by atoms with Gasteiger partial charge in [0.05, 0.1) is 4.47 Å². The summed E-state index contributed by atoms with van der Waals surface area (Å²) in [5.74, 6) is 1.51. The standard InChI is InChI=1S/C18H13BrO2/c1-12(20)13-6-9-15(10-7-13)21-17-11-8-14-4-2-3-5-16(14)18(17)19/h2-11H,1H3. The van der Waals surface area contributed by atoms with Crippen molar-refractivity contribution in [1.82, 2.24) is 0 Å². The number of carbonyl (C=O) groups excluding carboxylic acids is 1. The second kappa shape index (κ2) is 5.70. The molecule has 0 aliphatic carbocycles. The average Bonchev–Trinajstić information content (AvgIpc) is 2.51. The van der Waals surface area contributed by atoms with E-state index < -0.39 is 0 Å². The normalized spacial score (nSPS) is 10.6. The van der Waals surface area contributed by atoms with Crippen molar-refractivity contribution >= 4 is 32.5 Å².